The number of carbonyl (C=O) groups excluding carboxylic acids is 1. The summed E-state index contributed by atoms with van der Waals surface area (Å²) in [4.78, 5) is 14.6. The van der Waals surface area contributed by atoms with Gasteiger partial charge in [0, 0.05) is 30.3 Å². The molecule has 0 spiro atoms. The van der Waals surface area contributed by atoms with E-state index in [-0.39, 0.29) is 5.78 Å². The number of nitrogens with zero attached hydrogens (tertiary/aromatic N) is 1. The molecule has 0 amide bonds. The first-order valence-electron chi connectivity index (χ1n) is 7.68. The Kier molecular flexibility index (Phi) is 4.05. The lowest BCUT2D eigenvalue weighted by atomic mass is 10.1. The van der Waals surface area contributed by atoms with Gasteiger partial charge < -0.3 is 4.90 Å². The molecule has 2 nitrogen and oxygen atoms in total. The number of carbonyl (C=O) groups is 1. The maximum absolute atomic E-state index is 12.1. The average Bonchev–Trinajstić information content (AvgIpc) is 2.84. The lowest BCUT2D eigenvalue weighted by Gasteiger charge is -2.24. The zero-order valence-corrected chi connectivity index (χ0v) is 12.5. The molecule has 0 saturated carbocycles. The van der Waals surface area contributed by atoms with Crippen LogP contribution < -0.4 is 4.90 Å². The molecule has 1 unspecified atom stereocenters. The molecule has 0 radical (unpaired) electrons. The third-order valence-electron chi connectivity index (χ3n) is 4.25. The number of Topliss-reactive ketones (excluding diaryl/α,β-unsaturated/α-hetero) is 1. The highest BCUT2D eigenvalue weighted by atomic mass is 16.1. The predicted molar refractivity (Wildman–Crippen MR) is 87.0 cm³/mol. The minimum absolute atomic E-state index is 0.246. The summed E-state index contributed by atoms with van der Waals surface area (Å²) in [5.41, 5.74) is 3.60. The number of rotatable bonds is 5. The van der Waals surface area contributed by atoms with E-state index in [0.717, 1.165) is 24.9 Å². The van der Waals surface area contributed by atoms with Gasteiger partial charge in [0.25, 0.3) is 0 Å². The average molecular weight is 279 g/mol. The summed E-state index contributed by atoms with van der Waals surface area (Å²) >= 11 is 0. The van der Waals surface area contributed by atoms with E-state index in [9.17, 15) is 4.79 Å². The van der Waals surface area contributed by atoms with Gasteiger partial charge in [0.2, 0.25) is 0 Å². The summed E-state index contributed by atoms with van der Waals surface area (Å²) in [5, 5.41) is 0. The van der Waals surface area contributed by atoms with Crippen LogP contribution in [-0.2, 0) is 6.42 Å². The number of hydrogen-bond donors (Lipinski definition) is 0. The lowest BCUT2D eigenvalue weighted by Crippen LogP contribution is -2.30. The van der Waals surface area contributed by atoms with E-state index >= 15 is 0 Å². The Morgan fingerprint density at radius 2 is 1.81 bits per heavy atom. The van der Waals surface area contributed by atoms with Crippen molar-refractivity contribution >= 4 is 11.5 Å². The van der Waals surface area contributed by atoms with E-state index in [2.05, 4.69) is 36.1 Å². The summed E-state index contributed by atoms with van der Waals surface area (Å²) in [6.07, 6.45) is 2.64. The Labute approximate surface area is 126 Å². The van der Waals surface area contributed by atoms with E-state index in [1.54, 1.807) is 0 Å². The second kappa shape index (κ2) is 6.13. The molecule has 1 aliphatic rings. The second-order valence-corrected chi connectivity index (χ2v) is 5.77. The first-order valence-corrected chi connectivity index (χ1v) is 7.68. The van der Waals surface area contributed by atoms with Gasteiger partial charge in [0.1, 0.15) is 0 Å². The van der Waals surface area contributed by atoms with Crippen molar-refractivity contribution in [2.24, 2.45) is 0 Å². The third-order valence-corrected chi connectivity index (χ3v) is 4.25. The smallest absolute Gasteiger partial charge is 0.162 e. The van der Waals surface area contributed by atoms with Crippen LogP contribution in [0.3, 0.4) is 0 Å². The molecule has 0 saturated heterocycles. The van der Waals surface area contributed by atoms with Gasteiger partial charge in [-0.2, -0.15) is 0 Å². The van der Waals surface area contributed by atoms with Crippen molar-refractivity contribution in [3.63, 3.8) is 0 Å². The predicted octanol–water partition coefficient (Wildman–Crippen LogP) is 4.10. The Balaban J connectivity index is 1.58. The highest BCUT2D eigenvalue weighted by Gasteiger charge is 2.24. The fraction of sp³-hybridized carbons (Fsp3) is 0.316. The minimum Gasteiger partial charge on any atom is -0.368 e. The topological polar surface area (TPSA) is 20.3 Å². The standard InChI is InChI=1S/C19H21NO/c1-15-14-17-10-5-6-11-18(17)20(15)13-7-12-19(21)16-8-3-2-4-9-16/h2-6,8-11,15H,7,12-14H2,1H3. The maximum Gasteiger partial charge on any atom is 0.162 e. The first-order chi connectivity index (χ1) is 10.3. The van der Waals surface area contributed by atoms with E-state index < -0.39 is 0 Å². The number of para-hydroxylation sites is 1. The van der Waals surface area contributed by atoms with Crippen LogP contribution in [0.4, 0.5) is 5.69 Å². The van der Waals surface area contributed by atoms with Crippen LogP contribution in [0.25, 0.3) is 0 Å². The Morgan fingerprint density at radius 3 is 2.62 bits per heavy atom. The molecule has 21 heavy (non-hydrogen) atoms. The Hall–Kier alpha value is -2.09. The monoisotopic (exact) mass is 279 g/mol. The van der Waals surface area contributed by atoms with Gasteiger partial charge in [-0.3, -0.25) is 4.79 Å². The number of anilines is 1. The summed E-state index contributed by atoms with van der Waals surface area (Å²) in [6, 6.07) is 18.7. The molecule has 1 heterocycles. The molecule has 1 atom stereocenters. The molecule has 2 aromatic rings. The third kappa shape index (κ3) is 2.99. The van der Waals surface area contributed by atoms with Crippen molar-refractivity contribution in [3.8, 4) is 0 Å². The van der Waals surface area contributed by atoms with Crippen LogP contribution in [-0.4, -0.2) is 18.4 Å². The summed E-state index contributed by atoms with van der Waals surface area (Å²) in [7, 11) is 0. The van der Waals surface area contributed by atoms with Crippen LogP contribution in [0.15, 0.2) is 54.6 Å². The summed E-state index contributed by atoms with van der Waals surface area (Å²) < 4.78 is 0. The van der Waals surface area contributed by atoms with Crippen molar-refractivity contribution in [1.29, 1.82) is 0 Å². The Morgan fingerprint density at radius 1 is 1.10 bits per heavy atom. The van der Waals surface area contributed by atoms with E-state index in [1.807, 2.05) is 30.3 Å². The quantitative estimate of drug-likeness (QED) is 0.768. The van der Waals surface area contributed by atoms with E-state index in [0.29, 0.717) is 12.5 Å². The van der Waals surface area contributed by atoms with Gasteiger partial charge in [0.15, 0.2) is 5.78 Å². The minimum atomic E-state index is 0.246. The molecule has 0 aliphatic carbocycles. The number of ketones is 1. The highest BCUT2D eigenvalue weighted by molar-refractivity contribution is 5.95. The normalized spacial score (nSPS) is 16.8. The van der Waals surface area contributed by atoms with Crippen molar-refractivity contribution in [2.45, 2.75) is 32.2 Å². The van der Waals surface area contributed by atoms with Crippen LogP contribution >= 0.6 is 0 Å². The Bertz CT molecular complexity index is 620. The summed E-state index contributed by atoms with van der Waals surface area (Å²) in [5.74, 6) is 0.246. The number of benzene rings is 2. The molecule has 2 heteroatoms. The molecule has 0 N–H and O–H groups in total. The molecular weight excluding hydrogens is 258 g/mol. The van der Waals surface area contributed by atoms with Crippen LogP contribution in [0.5, 0.6) is 0 Å². The maximum atomic E-state index is 12.1. The SMILES string of the molecule is CC1Cc2ccccc2N1CCCC(=O)c1ccccc1. The van der Waals surface area contributed by atoms with Gasteiger partial charge in [-0.25, -0.2) is 0 Å². The highest BCUT2D eigenvalue weighted by Crippen LogP contribution is 2.31. The largest absolute Gasteiger partial charge is 0.368 e. The fourth-order valence-corrected chi connectivity index (χ4v) is 3.15. The van der Waals surface area contributed by atoms with Crippen molar-refractivity contribution in [1.82, 2.24) is 0 Å². The molecule has 3 rings (SSSR count). The van der Waals surface area contributed by atoms with Gasteiger partial charge in [-0.1, -0.05) is 48.5 Å². The van der Waals surface area contributed by atoms with Crippen LogP contribution in [0, 0.1) is 0 Å². The van der Waals surface area contributed by atoms with Crippen molar-refractivity contribution < 1.29 is 4.79 Å². The molecule has 0 fully saturated rings. The van der Waals surface area contributed by atoms with Gasteiger partial charge >= 0.3 is 0 Å². The zero-order chi connectivity index (χ0) is 14.7. The van der Waals surface area contributed by atoms with Crippen molar-refractivity contribution in [3.05, 3.63) is 65.7 Å². The fourth-order valence-electron chi connectivity index (χ4n) is 3.15. The van der Waals surface area contributed by atoms with Crippen LogP contribution in [0.1, 0.15) is 35.7 Å². The van der Waals surface area contributed by atoms with Gasteiger partial charge in [0.05, 0.1) is 0 Å². The zero-order valence-electron chi connectivity index (χ0n) is 12.5. The molecule has 108 valence electrons. The number of hydrogen-bond acceptors (Lipinski definition) is 2. The van der Waals surface area contributed by atoms with Gasteiger partial charge in [-0.05, 0) is 31.4 Å². The van der Waals surface area contributed by atoms with E-state index in [1.165, 1.54) is 11.3 Å². The van der Waals surface area contributed by atoms with E-state index in [4.69, 9.17) is 0 Å². The van der Waals surface area contributed by atoms with Gasteiger partial charge in [-0.15, -0.1) is 0 Å². The second-order valence-electron chi connectivity index (χ2n) is 5.77. The molecular formula is C19H21NO. The number of fused-ring (bicyclic) bond motifs is 1. The summed E-state index contributed by atoms with van der Waals surface area (Å²) in [6.45, 7) is 3.22. The molecule has 0 aromatic heterocycles. The first kappa shape index (κ1) is 13.9. The van der Waals surface area contributed by atoms with Crippen molar-refractivity contribution in [2.75, 3.05) is 11.4 Å². The lowest BCUT2D eigenvalue weighted by molar-refractivity contribution is 0.0980. The molecule has 0 bridgehead atoms. The van der Waals surface area contributed by atoms with Crippen LogP contribution in [0.2, 0.25) is 0 Å². The molecule has 2 aromatic carbocycles. The molecule has 1 aliphatic heterocycles.